The predicted octanol–water partition coefficient (Wildman–Crippen LogP) is 1.35. The summed E-state index contributed by atoms with van der Waals surface area (Å²) in [6.45, 7) is 1.56. The van der Waals surface area contributed by atoms with E-state index in [4.69, 9.17) is 5.11 Å². The van der Waals surface area contributed by atoms with Crippen LogP contribution in [0, 0.1) is 0 Å². The molecular formula is C14H18O6S. The molecule has 0 aromatic heterocycles. The fourth-order valence-corrected chi connectivity index (χ4v) is 3.03. The van der Waals surface area contributed by atoms with Crippen molar-refractivity contribution < 1.29 is 27.9 Å². The van der Waals surface area contributed by atoms with Gasteiger partial charge in [-0.1, -0.05) is 24.3 Å². The third-order valence-corrected chi connectivity index (χ3v) is 4.68. The minimum atomic E-state index is -3.41. The van der Waals surface area contributed by atoms with Crippen LogP contribution in [0.3, 0.4) is 0 Å². The Morgan fingerprint density at radius 1 is 1.24 bits per heavy atom. The SMILES string of the molecule is COC(=O)CCS(=O)(=O)Cc1ccc(C(C)C(=O)O)cc1. The molecule has 21 heavy (non-hydrogen) atoms. The van der Waals surface area contributed by atoms with Crippen molar-refractivity contribution in [2.24, 2.45) is 0 Å². The van der Waals surface area contributed by atoms with Crippen LogP contribution in [0.4, 0.5) is 0 Å². The summed E-state index contributed by atoms with van der Waals surface area (Å²) in [5.41, 5.74) is 1.17. The van der Waals surface area contributed by atoms with Gasteiger partial charge in [0, 0.05) is 0 Å². The number of hydrogen-bond acceptors (Lipinski definition) is 5. The molecule has 0 fully saturated rings. The number of carboxylic acids is 1. The highest BCUT2D eigenvalue weighted by Gasteiger charge is 2.16. The first-order valence-corrected chi connectivity index (χ1v) is 8.16. The van der Waals surface area contributed by atoms with Crippen LogP contribution >= 0.6 is 0 Å². The van der Waals surface area contributed by atoms with Crippen LogP contribution in [0.1, 0.15) is 30.4 Å². The fourth-order valence-electron chi connectivity index (χ4n) is 1.71. The zero-order valence-electron chi connectivity index (χ0n) is 11.9. The van der Waals surface area contributed by atoms with Gasteiger partial charge in [0.25, 0.3) is 0 Å². The summed E-state index contributed by atoms with van der Waals surface area (Å²) in [5, 5.41) is 8.90. The zero-order valence-corrected chi connectivity index (χ0v) is 12.7. The van der Waals surface area contributed by atoms with Crippen molar-refractivity contribution in [1.29, 1.82) is 0 Å². The molecule has 0 bridgehead atoms. The first kappa shape index (κ1) is 17.2. The summed E-state index contributed by atoms with van der Waals surface area (Å²) in [4.78, 5) is 21.8. The Morgan fingerprint density at radius 2 is 1.81 bits per heavy atom. The van der Waals surface area contributed by atoms with E-state index in [-0.39, 0.29) is 17.9 Å². The average molecular weight is 314 g/mol. The van der Waals surface area contributed by atoms with Gasteiger partial charge in [-0.25, -0.2) is 8.42 Å². The molecule has 0 radical (unpaired) electrons. The molecule has 0 amide bonds. The minimum Gasteiger partial charge on any atom is -0.481 e. The molecule has 1 aromatic rings. The highest BCUT2D eigenvalue weighted by Crippen LogP contribution is 2.17. The molecule has 0 aliphatic carbocycles. The summed E-state index contributed by atoms with van der Waals surface area (Å²) < 4.78 is 28.1. The number of carboxylic acid groups (broad SMARTS) is 1. The number of ether oxygens (including phenoxy) is 1. The molecule has 1 N–H and O–H groups in total. The molecule has 0 aliphatic heterocycles. The highest BCUT2D eigenvalue weighted by atomic mass is 32.2. The van der Waals surface area contributed by atoms with E-state index in [9.17, 15) is 18.0 Å². The lowest BCUT2D eigenvalue weighted by molar-refractivity contribution is -0.140. The minimum absolute atomic E-state index is 0.174. The second-order valence-corrected chi connectivity index (χ2v) is 6.90. The monoisotopic (exact) mass is 314 g/mol. The van der Waals surface area contributed by atoms with Crippen molar-refractivity contribution in [3.05, 3.63) is 35.4 Å². The molecule has 1 aromatic carbocycles. The fraction of sp³-hybridized carbons (Fsp3) is 0.429. The molecule has 0 spiro atoms. The van der Waals surface area contributed by atoms with Crippen molar-refractivity contribution in [1.82, 2.24) is 0 Å². The molecule has 1 rings (SSSR count). The summed E-state index contributed by atoms with van der Waals surface area (Å²) in [6, 6.07) is 6.38. The van der Waals surface area contributed by atoms with Gasteiger partial charge in [0.05, 0.1) is 31.0 Å². The van der Waals surface area contributed by atoms with Gasteiger partial charge in [-0.2, -0.15) is 0 Å². The molecule has 116 valence electrons. The van der Waals surface area contributed by atoms with Gasteiger partial charge in [0.15, 0.2) is 9.84 Å². The standard InChI is InChI=1S/C14H18O6S/c1-10(14(16)17)12-5-3-11(4-6-12)9-21(18,19)8-7-13(15)20-2/h3-6,10H,7-9H2,1-2H3,(H,16,17). The van der Waals surface area contributed by atoms with E-state index in [1.807, 2.05) is 0 Å². The number of sulfone groups is 1. The summed E-state index contributed by atoms with van der Waals surface area (Å²) >= 11 is 0. The maximum Gasteiger partial charge on any atom is 0.310 e. The van der Waals surface area contributed by atoms with Gasteiger partial charge in [-0.3, -0.25) is 9.59 Å². The van der Waals surface area contributed by atoms with E-state index in [0.717, 1.165) is 0 Å². The maximum absolute atomic E-state index is 11.8. The highest BCUT2D eigenvalue weighted by molar-refractivity contribution is 7.90. The van der Waals surface area contributed by atoms with Gasteiger partial charge in [0.2, 0.25) is 0 Å². The number of rotatable bonds is 7. The third-order valence-electron chi connectivity index (χ3n) is 3.08. The number of hydrogen-bond donors (Lipinski definition) is 1. The summed E-state index contributed by atoms with van der Waals surface area (Å²) in [7, 11) is -2.20. The Labute approximate surface area is 123 Å². The van der Waals surface area contributed by atoms with Gasteiger partial charge >= 0.3 is 11.9 Å². The van der Waals surface area contributed by atoms with Crippen LogP contribution in [0.5, 0.6) is 0 Å². The molecule has 6 nitrogen and oxygen atoms in total. The lowest BCUT2D eigenvalue weighted by Gasteiger charge is -2.08. The Morgan fingerprint density at radius 3 is 2.29 bits per heavy atom. The van der Waals surface area contributed by atoms with Gasteiger partial charge in [-0.05, 0) is 18.1 Å². The molecular weight excluding hydrogens is 296 g/mol. The Hall–Kier alpha value is -1.89. The summed E-state index contributed by atoms with van der Waals surface area (Å²) in [5.74, 6) is -2.61. The number of benzene rings is 1. The van der Waals surface area contributed by atoms with Crippen molar-refractivity contribution >= 4 is 21.8 Å². The number of carbonyl (C=O) groups is 2. The van der Waals surface area contributed by atoms with Crippen LogP contribution in [0.2, 0.25) is 0 Å². The number of aliphatic carboxylic acids is 1. The number of carbonyl (C=O) groups excluding carboxylic acids is 1. The molecule has 0 saturated heterocycles. The smallest absolute Gasteiger partial charge is 0.310 e. The zero-order chi connectivity index (χ0) is 16.0. The molecule has 0 aliphatic rings. The van der Waals surface area contributed by atoms with Crippen LogP contribution in [-0.2, 0) is 29.9 Å². The topological polar surface area (TPSA) is 97.7 Å². The van der Waals surface area contributed by atoms with E-state index in [0.29, 0.717) is 11.1 Å². The first-order chi connectivity index (χ1) is 9.75. The normalized spacial score (nSPS) is 12.7. The lowest BCUT2D eigenvalue weighted by atomic mass is 10.0. The van der Waals surface area contributed by atoms with Crippen LogP contribution in [0.25, 0.3) is 0 Å². The van der Waals surface area contributed by atoms with Gasteiger partial charge < -0.3 is 9.84 Å². The van der Waals surface area contributed by atoms with E-state index in [1.54, 1.807) is 31.2 Å². The van der Waals surface area contributed by atoms with E-state index >= 15 is 0 Å². The van der Waals surface area contributed by atoms with Gasteiger partial charge in [-0.15, -0.1) is 0 Å². The maximum atomic E-state index is 11.8. The third kappa shape index (κ3) is 5.55. The van der Waals surface area contributed by atoms with E-state index < -0.39 is 27.7 Å². The van der Waals surface area contributed by atoms with E-state index in [2.05, 4.69) is 4.74 Å². The second-order valence-electron chi connectivity index (χ2n) is 4.72. The largest absolute Gasteiger partial charge is 0.481 e. The number of esters is 1. The van der Waals surface area contributed by atoms with Crippen LogP contribution in [0.15, 0.2) is 24.3 Å². The van der Waals surface area contributed by atoms with Crippen molar-refractivity contribution in [3.63, 3.8) is 0 Å². The lowest BCUT2D eigenvalue weighted by Crippen LogP contribution is -2.14. The average Bonchev–Trinajstić information content (AvgIpc) is 2.44. The molecule has 1 atom stereocenters. The molecule has 0 heterocycles. The first-order valence-electron chi connectivity index (χ1n) is 6.34. The van der Waals surface area contributed by atoms with Crippen molar-refractivity contribution in [3.8, 4) is 0 Å². The predicted molar refractivity (Wildman–Crippen MR) is 76.6 cm³/mol. The Bertz CT molecular complexity index is 603. The Kier molecular flexibility index (Phi) is 5.90. The molecule has 1 unspecified atom stereocenters. The number of methoxy groups -OCH3 is 1. The van der Waals surface area contributed by atoms with Crippen LogP contribution in [-0.4, -0.2) is 38.3 Å². The van der Waals surface area contributed by atoms with Gasteiger partial charge in [0.1, 0.15) is 0 Å². The quantitative estimate of drug-likeness (QED) is 0.763. The van der Waals surface area contributed by atoms with Crippen molar-refractivity contribution in [2.75, 3.05) is 12.9 Å². The molecule has 0 saturated carbocycles. The second kappa shape index (κ2) is 7.21. The van der Waals surface area contributed by atoms with Crippen LogP contribution < -0.4 is 0 Å². The molecule has 7 heteroatoms. The van der Waals surface area contributed by atoms with E-state index in [1.165, 1.54) is 7.11 Å². The Balaban J connectivity index is 2.71. The van der Waals surface area contributed by atoms with Crippen molar-refractivity contribution in [2.45, 2.75) is 25.0 Å². The summed E-state index contributed by atoms with van der Waals surface area (Å²) in [6.07, 6.45) is -0.174.